The van der Waals surface area contributed by atoms with Gasteiger partial charge in [0, 0.05) is 13.1 Å². The summed E-state index contributed by atoms with van der Waals surface area (Å²) in [4.78, 5) is 26.7. The molecule has 0 saturated carbocycles. The Labute approximate surface area is 167 Å². The summed E-state index contributed by atoms with van der Waals surface area (Å²) in [5.41, 5.74) is 3.62. The number of hydrogen-bond donors (Lipinski definition) is 1. The van der Waals surface area contributed by atoms with Gasteiger partial charge in [-0.15, -0.1) is 0 Å². The van der Waals surface area contributed by atoms with Gasteiger partial charge in [0.15, 0.2) is 0 Å². The van der Waals surface area contributed by atoms with Gasteiger partial charge in [-0.3, -0.25) is 9.59 Å². The van der Waals surface area contributed by atoms with E-state index in [2.05, 4.69) is 48.6 Å². The van der Waals surface area contributed by atoms with Crippen LogP contribution in [-0.4, -0.2) is 29.8 Å². The standard InChI is InChI=1S/C24H30N2O2/c1-3-19-9-11-22(12-10-19)18(2)25-23(27)24(28)26-15-13-21(14-16-26)17-20-7-5-4-6-8-20/h4-12,18,21H,3,13-17H2,1-2H3,(H,25,27). The van der Waals surface area contributed by atoms with Crippen molar-refractivity contribution in [3.05, 3.63) is 71.3 Å². The van der Waals surface area contributed by atoms with Crippen molar-refractivity contribution in [1.29, 1.82) is 0 Å². The predicted octanol–water partition coefficient (Wildman–Crippen LogP) is 3.91. The molecular formula is C24H30N2O2. The van der Waals surface area contributed by atoms with Gasteiger partial charge in [0.25, 0.3) is 0 Å². The molecule has 0 aromatic heterocycles. The molecule has 0 radical (unpaired) electrons. The van der Waals surface area contributed by atoms with E-state index < -0.39 is 11.8 Å². The summed E-state index contributed by atoms with van der Waals surface area (Å²) < 4.78 is 0. The van der Waals surface area contributed by atoms with Gasteiger partial charge in [0.05, 0.1) is 6.04 Å². The second kappa shape index (κ2) is 9.54. The van der Waals surface area contributed by atoms with Crippen molar-refractivity contribution in [3.8, 4) is 0 Å². The normalized spacial score (nSPS) is 15.9. The average molecular weight is 379 g/mol. The fraction of sp³-hybridized carbons (Fsp3) is 0.417. The lowest BCUT2D eigenvalue weighted by Gasteiger charge is -2.32. The number of nitrogens with zero attached hydrogens (tertiary/aromatic N) is 1. The minimum atomic E-state index is -0.506. The highest BCUT2D eigenvalue weighted by Crippen LogP contribution is 2.22. The van der Waals surface area contributed by atoms with Gasteiger partial charge >= 0.3 is 11.8 Å². The topological polar surface area (TPSA) is 49.4 Å². The number of rotatable bonds is 5. The summed E-state index contributed by atoms with van der Waals surface area (Å²) in [6.07, 6.45) is 3.92. The van der Waals surface area contributed by atoms with Crippen LogP contribution in [0.4, 0.5) is 0 Å². The Morgan fingerprint density at radius 1 is 1.00 bits per heavy atom. The number of nitrogens with one attached hydrogen (secondary N) is 1. The van der Waals surface area contributed by atoms with Crippen LogP contribution in [0, 0.1) is 5.92 Å². The maximum Gasteiger partial charge on any atom is 0.311 e. The van der Waals surface area contributed by atoms with Gasteiger partial charge in [-0.05, 0) is 55.2 Å². The molecule has 2 aromatic rings. The molecule has 148 valence electrons. The molecule has 1 saturated heterocycles. The Hall–Kier alpha value is -2.62. The summed E-state index contributed by atoms with van der Waals surface area (Å²) in [6, 6.07) is 18.4. The molecule has 1 N–H and O–H groups in total. The first-order valence-corrected chi connectivity index (χ1v) is 10.3. The summed E-state index contributed by atoms with van der Waals surface area (Å²) in [7, 11) is 0. The van der Waals surface area contributed by atoms with Crippen molar-refractivity contribution in [2.75, 3.05) is 13.1 Å². The number of carbonyl (C=O) groups is 2. The van der Waals surface area contributed by atoms with Crippen LogP contribution in [0.5, 0.6) is 0 Å². The molecule has 1 heterocycles. The van der Waals surface area contributed by atoms with Gasteiger partial charge in [-0.2, -0.15) is 0 Å². The number of piperidine rings is 1. The molecule has 1 atom stereocenters. The van der Waals surface area contributed by atoms with Crippen LogP contribution < -0.4 is 5.32 Å². The van der Waals surface area contributed by atoms with Crippen LogP contribution in [0.15, 0.2) is 54.6 Å². The Morgan fingerprint density at radius 2 is 1.64 bits per heavy atom. The Morgan fingerprint density at radius 3 is 2.25 bits per heavy atom. The highest BCUT2D eigenvalue weighted by atomic mass is 16.2. The van der Waals surface area contributed by atoms with E-state index in [1.54, 1.807) is 4.90 Å². The zero-order valence-corrected chi connectivity index (χ0v) is 16.9. The van der Waals surface area contributed by atoms with Crippen molar-refractivity contribution in [2.24, 2.45) is 5.92 Å². The van der Waals surface area contributed by atoms with Gasteiger partial charge in [-0.1, -0.05) is 61.5 Å². The van der Waals surface area contributed by atoms with E-state index in [9.17, 15) is 9.59 Å². The van der Waals surface area contributed by atoms with Crippen molar-refractivity contribution in [3.63, 3.8) is 0 Å². The summed E-state index contributed by atoms with van der Waals surface area (Å²) in [6.45, 7) is 5.34. The zero-order valence-electron chi connectivity index (χ0n) is 16.9. The molecular weight excluding hydrogens is 348 g/mol. The van der Waals surface area contributed by atoms with Crippen LogP contribution in [0.1, 0.15) is 49.4 Å². The molecule has 2 aromatic carbocycles. The number of aryl methyl sites for hydroxylation is 1. The first-order valence-electron chi connectivity index (χ1n) is 10.3. The number of amides is 2. The van der Waals surface area contributed by atoms with E-state index in [1.807, 2.05) is 25.1 Å². The molecule has 0 spiro atoms. The predicted molar refractivity (Wildman–Crippen MR) is 112 cm³/mol. The van der Waals surface area contributed by atoms with Gasteiger partial charge in [0.2, 0.25) is 0 Å². The molecule has 4 nitrogen and oxygen atoms in total. The smallest absolute Gasteiger partial charge is 0.311 e. The van der Waals surface area contributed by atoms with E-state index >= 15 is 0 Å². The van der Waals surface area contributed by atoms with E-state index in [0.29, 0.717) is 19.0 Å². The molecule has 28 heavy (non-hydrogen) atoms. The Balaban J connectivity index is 1.48. The second-order valence-electron chi connectivity index (χ2n) is 7.72. The van der Waals surface area contributed by atoms with Gasteiger partial charge in [0.1, 0.15) is 0 Å². The summed E-state index contributed by atoms with van der Waals surface area (Å²) >= 11 is 0. The monoisotopic (exact) mass is 378 g/mol. The lowest BCUT2D eigenvalue weighted by molar-refractivity contribution is -0.147. The van der Waals surface area contributed by atoms with Crippen LogP contribution in [-0.2, 0) is 22.4 Å². The quantitative estimate of drug-likeness (QED) is 0.802. The largest absolute Gasteiger partial charge is 0.341 e. The minimum Gasteiger partial charge on any atom is -0.341 e. The summed E-state index contributed by atoms with van der Waals surface area (Å²) in [5.74, 6) is -0.339. The van der Waals surface area contributed by atoms with Crippen LogP contribution in [0.2, 0.25) is 0 Å². The Kier molecular flexibility index (Phi) is 6.85. The van der Waals surface area contributed by atoms with Crippen LogP contribution in [0.25, 0.3) is 0 Å². The van der Waals surface area contributed by atoms with Gasteiger partial charge in [-0.25, -0.2) is 0 Å². The van der Waals surface area contributed by atoms with Crippen LogP contribution >= 0.6 is 0 Å². The number of likely N-dealkylation sites (tertiary alicyclic amines) is 1. The molecule has 2 amide bonds. The molecule has 1 fully saturated rings. The van der Waals surface area contributed by atoms with Crippen molar-refractivity contribution >= 4 is 11.8 Å². The molecule has 0 bridgehead atoms. The second-order valence-corrected chi connectivity index (χ2v) is 7.72. The summed E-state index contributed by atoms with van der Waals surface area (Å²) in [5, 5.41) is 2.85. The van der Waals surface area contributed by atoms with Crippen molar-refractivity contribution in [2.45, 2.75) is 45.6 Å². The molecule has 3 rings (SSSR count). The molecule has 1 aliphatic rings. The van der Waals surface area contributed by atoms with Gasteiger partial charge < -0.3 is 10.2 Å². The highest BCUT2D eigenvalue weighted by Gasteiger charge is 2.27. The Bertz CT molecular complexity index is 778. The third kappa shape index (κ3) is 5.22. The highest BCUT2D eigenvalue weighted by molar-refractivity contribution is 6.35. The SMILES string of the molecule is CCc1ccc(C(C)NC(=O)C(=O)N2CCC(Cc3ccccc3)CC2)cc1. The third-order valence-electron chi connectivity index (χ3n) is 5.70. The van der Waals surface area contributed by atoms with Crippen molar-refractivity contribution < 1.29 is 9.59 Å². The fourth-order valence-corrected chi connectivity index (χ4v) is 3.81. The fourth-order valence-electron chi connectivity index (χ4n) is 3.81. The third-order valence-corrected chi connectivity index (χ3v) is 5.70. The van der Waals surface area contributed by atoms with E-state index in [-0.39, 0.29) is 6.04 Å². The van der Waals surface area contributed by atoms with Crippen LogP contribution in [0.3, 0.4) is 0 Å². The first kappa shape index (κ1) is 20.1. The minimum absolute atomic E-state index is 0.182. The number of hydrogen-bond acceptors (Lipinski definition) is 2. The van der Waals surface area contributed by atoms with E-state index in [4.69, 9.17) is 0 Å². The lowest BCUT2D eigenvalue weighted by atomic mass is 9.90. The number of carbonyl (C=O) groups excluding carboxylic acids is 2. The molecule has 1 unspecified atom stereocenters. The van der Waals surface area contributed by atoms with E-state index in [0.717, 1.165) is 31.2 Å². The molecule has 4 heteroatoms. The maximum absolute atomic E-state index is 12.5. The lowest BCUT2D eigenvalue weighted by Crippen LogP contribution is -2.47. The first-order chi connectivity index (χ1) is 13.6. The van der Waals surface area contributed by atoms with Crippen molar-refractivity contribution in [1.82, 2.24) is 10.2 Å². The molecule has 1 aliphatic heterocycles. The number of benzene rings is 2. The van der Waals surface area contributed by atoms with E-state index in [1.165, 1.54) is 11.1 Å². The maximum atomic E-state index is 12.5. The molecule has 0 aliphatic carbocycles. The average Bonchev–Trinajstić information content (AvgIpc) is 2.74. The zero-order chi connectivity index (χ0) is 19.9.